The van der Waals surface area contributed by atoms with Crippen LogP contribution >= 0.6 is 0 Å². The van der Waals surface area contributed by atoms with E-state index in [4.69, 9.17) is 14.2 Å². The van der Waals surface area contributed by atoms with Crippen molar-refractivity contribution in [1.82, 2.24) is 9.29 Å². The molecule has 0 bridgehead atoms. The van der Waals surface area contributed by atoms with Gasteiger partial charge in [0.05, 0.1) is 23.8 Å². The van der Waals surface area contributed by atoms with Gasteiger partial charge in [-0.25, -0.2) is 16.8 Å². The van der Waals surface area contributed by atoms with Gasteiger partial charge in [0.2, 0.25) is 0 Å². The molecule has 7 nitrogen and oxygen atoms in total. The van der Waals surface area contributed by atoms with Gasteiger partial charge in [0.1, 0.15) is 17.3 Å². The highest BCUT2D eigenvalue weighted by Gasteiger charge is 2.24. The summed E-state index contributed by atoms with van der Waals surface area (Å²) in [5.41, 5.74) is 1.15. The lowest BCUT2D eigenvalue weighted by Crippen LogP contribution is -2.21. The van der Waals surface area contributed by atoms with Crippen molar-refractivity contribution in [3.8, 4) is 22.8 Å². The SMILES string of the molecule is CCCCCOc1cccc(S(=O)(=O)n2cc(CNC)cc2-c2ccc(OCC3CCOCC3)cc2F)c1. The number of aromatic nitrogens is 1. The van der Waals surface area contributed by atoms with Crippen molar-refractivity contribution in [1.29, 1.82) is 0 Å². The van der Waals surface area contributed by atoms with Crippen LogP contribution in [0.25, 0.3) is 11.3 Å². The van der Waals surface area contributed by atoms with Gasteiger partial charge in [0, 0.05) is 43.7 Å². The van der Waals surface area contributed by atoms with E-state index in [9.17, 15) is 8.42 Å². The van der Waals surface area contributed by atoms with E-state index in [2.05, 4.69) is 12.2 Å². The summed E-state index contributed by atoms with van der Waals surface area (Å²) in [5.74, 6) is 0.739. The summed E-state index contributed by atoms with van der Waals surface area (Å²) in [6, 6.07) is 12.7. The fourth-order valence-corrected chi connectivity index (χ4v) is 5.92. The molecule has 1 saturated heterocycles. The molecule has 1 aliphatic rings. The molecular formula is C29H37FN2O5S. The van der Waals surface area contributed by atoms with Gasteiger partial charge in [0.25, 0.3) is 10.0 Å². The second-order valence-corrected chi connectivity index (χ2v) is 11.4. The molecule has 1 N–H and O–H groups in total. The molecule has 0 saturated carbocycles. The molecule has 9 heteroatoms. The molecule has 0 spiro atoms. The van der Waals surface area contributed by atoms with Crippen molar-refractivity contribution in [3.63, 3.8) is 0 Å². The Morgan fingerprint density at radius 2 is 1.84 bits per heavy atom. The molecule has 0 aliphatic carbocycles. The highest BCUT2D eigenvalue weighted by Crippen LogP contribution is 2.32. The van der Waals surface area contributed by atoms with Crippen LogP contribution in [0.3, 0.4) is 0 Å². The summed E-state index contributed by atoms with van der Waals surface area (Å²) in [5, 5.41) is 3.03. The molecule has 1 aliphatic heterocycles. The fraction of sp³-hybridized carbons (Fsp3) is 0.448. The highest BCUT2D eigenvalue weighted by molar-refractivity contribution is 7.90. The number of rotatable bonds is 13. The Kier molecular flexibility index (Phi) is 9.82. The molecule has 0 atom stereocenters. The van der Waals surface area contributed by atoms with Crippen molar-refractivity contribution in [2.75, 3.05) is 33.5 Å². The molecule has 0 unspecified atom stereocenters. The Morgan fingerprint density at radius 1 is 1.05 bits per heavy atom. The van der Waals surface area contributed by atoms with Crippen molar-refractivity contribution in [2.45, 2.75) is 50.5 Å². The van der Waals surface area contributed by atoms with Gasteiger partial charge in [-0.15, -0.1) is 0 Å². The van der Waals surface area contributed by atoms with E-state index < -0.39 is 15.8 Å². The summed E-state index contributed by atoms with van der Waals surface area (Å²) >= 11 is 0. The Bertz CT molecular complexity index is 1300. The largest absolute Gasteiger partial charge is 0.494 e. The number of halogens is 1. The maximum absolute atomic E-state index is 15.4. The predicted octanol–water partition coefficient (Wildman–Crippen LogP) is 5.63. The molecule has 2 aromatic carbocycles. The lowest BCUT2D eigenvalue weighted by molar-refractivity contribution is 0.0497. The standard InChI is InChI=1S/C29H37FN2O5S/c1-3-4-5-13-36-24-7-6-8-26(17-24)38(33,34)32-20-23(19-31-2)16-29(32)27-10-9-25(18-28(27)30)37-21-22-11-14-35-15-12-22/h6-10,16-18,20,22,31H,3-5,11-15,19,21H2,1-2H3. The Hall–Kier alpha value is -2.88. The number of hydrogen-bond donors (Lipinski definition) is 1. The third-order valence-corrected chi connectivity index (χ3v) is 8.32. The van der Waals surface area contributed by atoms with Gasteiger partial charge < -0.3 is 19.5 Å². The first kappa shape index (κ1) is 28.1. The minimum atomic E-state index is -4.03. The second-order valence-electron chi connectivity index (χ2n) is 9.60. The lowest BCUT2D eigenvalue weighted by atomic mass is 10.0. The number of ether oxygens (including phenoxy) is 3. The smallest absolute Gasteiger partial charge is 0.268 e. The average molecular weight is 545 g/mol. The summed E-state index contributed by atoms with van der Waals surface area (Å²) in [7, 11) is -2.25. The molecule has 3 aromatic rings. The monoisotopic (exact) mass is 544 g/mol. The zero-order valence-electron chi connectivity index (χ0n) is 22.1. The van der Waals surface area contributed by atoms with Crippen molar-refractivity contribution in [3.05, 3.63) is 66.1 Å². The first-order valence-electron chi connectivity index (χ1n) is 13.3. The maximum atomic E-state index is 15.4. The van der Waals surface area contributed by atoms with E-state index in [1.54, 1.807) is 37.4 Å². The van der Waals surface area contributed by atoms with Crippen molar-refractivity contribution in [2.24, 2.45) is 5.92 Å². The van der Waals surface area contributed by atoms with Gasteiger partial charge in [0.15, 0.2) is 0 Å². The van der Waals surface area contributed by atoms with Crippen LogP contribution in [0.2, 0.25) is 0 Å². The van der Waals surface area contributed by atoms with Crippen LogP contribution in [0.4, 0.5) is 4.39 Å². The zero-order valence-corrected chi connectivity index (χ0v) is 22.9. The van der Waals surface area contributed by atoms with Crippen LogP contribution in [-0.4, -0.2) is 45.9 Å². The molecular weight excluding hydrogens is 507 g/mol. The maximum Gasteiger partial charge on any atom is 0.268 e. The molecule has 0 amide bonds. The quantitative estimate of drug-likeness (QED) is 0.281. The molecule has 0 radical (unpaired) electrons. The van der Waals surface area contributed by atoms with Crippen LogP contribution in [-0.2, 0) is 21.3 Å². The first-order valence-corrected chi connectivity index (χ1v) is 14.7. The highest BCUT2D eigenvalue weighted by atomic mass is 32.2. The number of hydrogen-bond acceptors (Lipinski definition) is 6. The van der Waals surface area contributed by atoms with Gasteiger partial charge in [-0.3, -0.25) is 0 Å². The lowest BCUT2D eigenvalue weighted by Gasteiger charge is -2.22. The normalized spacial score (nSPS) is 14.5. The molecule has 1 fully saturated rings. The third-order valence-electron chi connectivity index (χ3n) is 6.65. The van der Waals surface area contributed by atoms with E-state index in [1.165, 1.54) is 24.4 Å². The summed E-state index contributed by atoms with van der Waals surface area (Å²) in [6.45, 7) is 5.00. The van der Waals surface area contributed by atoms with Gasteiger partial charge >= 0.3 is 0 Å². The minimum Gasteiger partial charge on any atom is -0.494 e. The first-order chi connectivity index (χ1) is 18.4. The summed E-state index contributed by atoms with van der Waals surface area (Å²) in [6.07, 6.45) is 6.39. The van der Waals surface area contributed by atoms with Crippen LogP contribution < -0.4 is 14.8 Å². The summed E-state index contributed by atoms with van der Waals surface area (Å²) in [4.78, 5) is 0.0789. The molecule has 1 aromatic heterocycles. The Balaban J connectivity index is 1.60. The number of unbranched alkanes of at least 4 members (excludes halogenated alkanes) is 2. The topological polar surface area (TPSA) is 78.8 Å². The number of benzene rings is 2. The fourth-order valence-electron chi connectivity index (χ4n) is 4.49. The van der Waals surface area contributed by atoms with E-state index in [0.717, 1.165) is 54.9 Å². The predicted molar refractivity (Wildman–Crippen MR) is 146 cm³/mol. The van der Waals surface area contributed by atoms with Crippen LogP contribution in [0, 0.1) is 11.7 Å². The van der Waals surface area contributed by atoms with Crippen molar-refractivity contribution >= 4 is 10.0 Å². The van der Waals surface area contributed by atoms with Gasteiger partial charge in [-0.2, -0.15) is 0 Å². The van der Waals surface area contributed by atoms with Gasteiger partial charge in [-0.05, 0) is 68.1 Å². The molecule has 38 heavy (non-hydrogen) atoms. The molecule has 2 heterocycles. The van der Waals surface area contributed by atoms with Crippen LogP contribution in [0.5, 0.6) is 11.5 Å². The van der Waals surface area contributed by atoms with E-state index >= 15 is 4.39 Å². The van der Waals surface area contributed by atoms with Gasteiger partial charge in [-0.1, -0.05) is 25.8 Å². The summed E-state index contributed by atoms with van der Waals surface area (Å²) < 4.78 is 61.1. The van der Waals surface area contributed by atoms with Crippen molar-refractivity contribution < 1.29 is 27.0 Å². The minimum absolute atomic E-state index is 0.0789. The zero-order chi connectivity index (χ0) is 27.0. The number of nitrogens with zero attached hydrogens (tertiary/aromatic N) is 1. The average Bonchev–Trinajstić information content (AvgIpc) is 3.35. The molecule has 206 valence electrons. The second kappa shape index (κ2) is 13.3. The van der Waals surface area contributed by atoms with E-state index in [0.29, 0.717) is 37.2 Å². The van der Waals surface area contributed by atoms with Crippen LogP contribution in [0.1, 0.15) is 44.6 Å². The Morgan fingerprint density at radius 3 is 2.58 bits per heavy atom. The van der Waals surface area contributed by atoms with E-state index in [1.807, 2.05) is 0 Å². The van der Waals surface area contributed by atoms with E-state index in [-0.39, 0.29) is 16.2 Å². The number of nitrogens with one attached hydrogen (secondary N) is 1. The van der Waals surface area contributed by atoms with Crippen LogP contribution in [0.15, 0.2) is 59.6 Å². The Labute approximate surface area is 225 Å². The molecule has 4 rings (SSSR count). The third kappa shape index (κ3) is 6.95.